The van der Waals surface area contributed by atoms with E-state index in [-0.39, 0.29) is 11.6 Å². The minimum atomic E-state index is -0.174. The van der Waals surface area contributed by atoms with Gasteiger partial charge in [0.2, 0.25) is 0 Å². The molecule has 4 saturated carbocycles. The van der Waals surface area contributed by atoms with Crippen molar-refractivity contribution in [2.24, 2.45) is 22.9 Å². The molecular weight excluding hydrogens is 276 g/mol. The highest BCUT2D eigenvalue weighted by Crippen LogP contribution is 2.55. The molecule has 22 heavy (non-hydrogen) atoms. The quantitative estimate of drug-likeness (QED) is 0.665. The summed E-state index contributed by atoms with van der Waals surface area (Å²) in [6.07, 6.45) is 12.6. The molecule has 4 fully saturated rings. The van der Waals surface area contributed by atoms with Crippen molar-refractivity contribution in [3.8, 4) is 0 Å². The molecule has 0 atom stereocenters. The Morgan fingerprint density at radius 2 is 1.73 bits per heavy atom. The number of hydrogen-bond donors (Lipinski definition) is 2. The smallest absolute Gasteiger partial charge is 0.331 e. The summed E-state index contributed by atoms with van der Waals surface area (Å²) in [7, 11) is 0. The van der Waals surface area contributed by atoms with Crippen molar-refractivity contribution in [1.82, 2.24) is 15.7 Å². The lowest BCUT2D eigenvalue weighted by Gasteiger charge is -2.56. The van der Waals surface area contributed by atoms with E-state index in [0.717, 1.165) is 42.6 Å². The third kappa shape index (κ3) is 2.72. The van der Waals surface area contributed by atoms with Gasteiger partial charge in [-0.15, -0.1) is 0 Å². The molecule has 4 aliphatic rings. The molecule has 0 aliphatic heterocycles. The van der Waals surface area contributed by atoms with Crippen LogP contribution < -0.4 is 10.7 Å². The maximum atomic E-state index is 12.2. The molecule has 2 amide bonds. The van der Waals surface area contributed by atoms with Gasteiger partial charge < -0.3 is 5.32 Å². The fourth-order valence-corrected chi connectivity index (χ4v) is 5.15. The van der Waals surface area contributed by atoms with Gasteiger partial charge in [0, 0.05) is 17.9 Å². The lowest BCUT2D eigenvalue weighted by molar-refractivity contribution is -0.0135. The van der Waals surface area contributed by atoms with Crippen LogP contribution in [0.15, 0.2) is 29.6 Å². The third-order valence-corrected chi connectivity index (χ3v) is 5.50. The van der Waals surface area contributed by atoms with Crippen molar-refractivity contribution in [2.45, 2.75) is 44.1 Å². The second kappa shape index (κ2) is 5.38. The Balaban J connectivity index is 1.35. The second-order valence-corrected chi connectivity index (χ2v) is 7.30. The highest BCUT2D eigenvalue weighted by molar-refractivity contribution is 5.81. The lowest BCUT2D eigenvalue weighted by Crippen LogP contribution is -2.61. The molecule has 1 aromatic heterocycles. The van der Waals surface area contributed by atoms with Crippen molar-refractivity contribution in [1.29, 1.82) is 0 Å². The molecule has 5 heteroatoms. The monoisotopic (exact) mass is 298 g/mol. The van der Waals surface area contributed by atoms with Crippen molar-refractivity contribution in [2.75, 3.05) is 0 Å². The first-order chi connectivity index (χ1) is 10.7. The van der Waals surface area contributed by atoms with E-state index in [1.54, 1.807) is 18.6 Å². The molecule has 0 saturated heterocycles. The van der Waals surface area contributed by atoms with Crippen LogP contribution in [-0.2, 0) is 0 Å². The number of amides is 2. The Bertz CT molecular complexity index is 548. The molecule has 4 bridgehead atoms. The minimum absolute atomic E-state index is 0.0328. The molecule has 0 unspecified atom stereocenters. The zero-order valence-corrected chi connectivity index (χ0v) is 12.7. The summed E-state index contributed by atoms with van der Waals surface area (Å²) >= 11 is 0. The van der Waals surface area contributed by atoms with Crippen LogP contribution in [0, 0.1) is 17.8 Å². The fourth-order valence-electron chi connectivity index (χ4n) is 5.15. The first kappa shape index (κ1) is 13.7. The van der Waals surface area contributed by atoms with Gasteiger partial charge in [-0.1, -0.05) is 0 Å². The summed E-state index contributed by atoms with van der Waals surface area (Å²) in [5, 5.41) is 7.26. The molecule has 5 nitrogen and oxygen atoms in total. The molecule has 4 aliphatic carbocycles. The number of nitrogens with zero attached hydrogens (tertiary/aromatic N) is 2. The number of carbonyl (C=O) groups is 1. The third-order valence-electron chi connectivity index (χ3n) is 5.50. The van der Waals surface area contributed by atoms with E-state index in [1.807, 2.05) is 12.1 Å². The number of hydrogen-bond acceptors (Lipinski definition) is 3. The number of hydrazone groups is 1. The van der Waals surface area contributed by atoms with Gasteiger partial charge in [-0.3, -0.25) is 4.98 Å². The standard InChI is InChI=1S/C17H22N4O/c22-16(21-19-11-12-1-3-18-4-2-12)20-17-8-13-5-14(9-17)7-15(6-13)10-17/h1-4,11,13-15H,5-10H2,(H2,20,21,22)/b19-11-. The first-order valence-corrected chi connectivity index (χ1v) is 8.22. The minimum Gasteiger partial charge on any atom is -0.331 e. The molecule has 0 spiro atoms. The average molecular weight is 298 g/mol. The van der Waals surface area contributed by atoms with Crippen molar-refractivity contribution >= 4 is 12.2 Å². The van der Waals surface area contributed by atoms with E-state index < -0.39 is 0 Å². The van der Waals surface area contributed by atoms with Gasteiger partial charge in [0.05, 0.1) is 6.21 Å². The van der Waals surface area contributed by atoms with Crippen molar-refractivity contribution in [3.63, 3.8) is 0 Å². The topological polar surface area (TPSA) is 66.4 Å². The lowest BCUT2D eigenvalue weighted by atomic mass is 9.53. The molecule has 0 aromatic carbocycles. The number of nitrogens with one attached hydrogen (secondary N) is 2. The predicted molar refractivity (Wildman–Crippen MR) is 84.4 cm³/mol. The Kier molecular flexibility index (Phi) is 3.36. The molecular formula is C17H22N4O. The van der Waals surface area contributed by atoms with Crippen LogP contribution in [0.4, 0.5) is 4.79 Å². The molecule has 1 aromatic rings. The SMILES string of the molecule is O=C(N/N=C\c1ccncc1)NC12CC3CC(CC(C3)C1)C2. The summed E-state index contributed by atoms with van der Waals surface area (Å²) in [5.74, 6) is 2.48. The van der Waals surface area contributed by atoms with E-state index in [1.165, 1.54) is 19.3 Å². The largest absolute Gasteiger partial charge is 0.335 e. The van der Waals surface area contributed by atoms with Gasteiger partial charge in [-0.25, -0.2) is 10.2 Å². The summed E-state index contributed by atoms with van der Waals surface area (Å²) in [4.78, 5) is 16.1. The summed E-state index contributed by atoms with van der Waals surface area (Å²) < 4.78 is 0. The van der Waals surface area contributed by atoms with Gasteiger partial charge in [-0.05, 0) is 74.0 Å². The van der Waals surface area contributed by atoms with Crippen molar-refractivity contribution < 1.29 is 4.79 Å². The van der Waals surface area contributed by atoms with E-state index in [0.29, 0.717) is 0 Å². The van der Waals surface area contributed by atoms with Crippen LogP contribution in [0.25, 0.3) is 0 Å². The van der Waals surface area contributed by atoms with E-state index in [9.17, 15) is 4.79 Å². The number of aromatic nitrogens is 1. The van der Waals surface area contributed by atoms with Crippen LogP contribution in [0.1, 0.15) is 44.1 Å². The Morgan fingerprint density at radius 3 is 2.32 bits per heavy atom. The van der Waals surface area contributed by atoms with Gasteiger partial charge in [-0.2, -0.15) is 5.10 Å². The summed E-state index contributed by atoms with van der Waals surface area (Å²) in [5.41, 5.74) is 3.56. The van der Waals surface area contributed by atoms with E-state index >= 15 is 0 Å². The summed E-state index contributed by atoms with van der Waals surface area (Å²) in [6.45, 7) is 0. The highest BCUT2D eigenvalue weighted by atomic mass is 16.2. The first-order valence-electron chi connectivity index (χ1n) is 8.22. The van der Waals surface area contributed by atoms with Crippen LogP contribution in [-0.4, -0.2) is 22.8 Å². The average Bonchev–Trinajstić information content (AvgIpc) is 2.46. The van der Waals surface area contributed by atoms with Crippen LogP contribution >= 0.6 is 0 Å². The Labute approximate surface area is 130 Å². The molecule has 1 heterocycles. The van der Waals surface area contributed by atoms with Gasteiger partial charge in [0.1, 0.15) is 0 Å². The molecule has 2 N–H and O–H groups in total. The molecule has 0 radical (unpaired) electrons. The number of urea groups is 1. The van der Waals surface area contributed by atoms with E-state index in [4.69, 9.17) is 0 Å². The molecule has 5 rings (SSSR count). The number of rotatable bonds is 3. The number of carbonyl (C=O) groups excluding carboxylic acids is 1. The van der Waals surface area contributed by atoms with Crippen LogP contribution in [0.3, 0.4) is 0 Å². The predicted octanol–water partition coefficient (Wildman–Crippen LogP) is 2.68. The van der Waals surface area contributed by atoms with Gasteiger partial charge >= 0.3 is 6.03 Å². The zero-order valence-electron chi connectivity index (χ0n) is 12.7. The fraction of sp³-hybridized carbons (Fsp3) is 0.588. The second-order valence-electron chi connectivity index (χ2n) is 7.30. The zero-order chi connectivity index (χ0) is 15.0. The summed E-state index contributed by atoms with van der Waals surface area (Å²) in [6, 6.07) is 3.52. The van der Waals surface area contributed by atoms with Gasteiger partial charge in [0.15, 0.2) is 0 Å². The van der Waals surface area contributed by atoms with Crippen molar-refractivity contribution in [3.05, 3.63) is 30.1 Å². The highest BCUT2D eigenvalue weighted by Gasteiger charge is 2.51. The van der Waals surface area contributed by atoms with Gasteiger partial charge in [0.25, 0.3) is 0 Å². The van der Waals surface area contributed by atoms with E-state index in [2.05, 4.69) is 20.8 Å². The Morgan fingerprint density at radius 1 is 1.14 bits per heavy atom. The Hall–Kier alpha value is -1.91. The maximum absolute atomic E-state index is 12.2. The van der Waals surface area contributed by atoms with Crippen LogP contribution in [0.5, 0.6) is 0 Å². The van der Waals surface area contributed by atoms with Crippen LogP contribution in [0.2, 0.25) is 0 Å². The molecule has 116 valence electrons. The number of pyridine rings is 1. The maximum Gasteiger partial charge on any atom is 0.335 e. The normalized spacial score (nSPS) is 35.7.